The first-order chi connectivity index (χ1) is 17.4. The van der Waals surface area contributed by atoms with Crippen molar-refractivity contribution in [3.05, 3.63) is 71.4 Å². The maximum atomic E-state index is 12.9. The van der Waals surface area contributed by atoms with Crippen LogP contribution >= 0.6 is 0 Å². The van der Waals surface area contributed by atoms with E-state index in [-0.39, 0.29) is 24.6 Å². The summed E-state index contributed by atoms with van der Waals surface area (Å²) < 4.78 is 17.8. The van der Waals surface area contributed by atoms with Crippen LogP contribution in [0.25, 0.3) is 16.7 Å². The van der Waals surface area contributed by atoms with E-state index in [0.717, 1.165) is 22.0 Å². The Hall–Kier alpha value is -4.40. The van der Waals surface area contributed by atoms with Crippen molar-refractivity contribution in [2.45, 2.75) is 27.7 Å². The van der Waals surface area contributed by atoms with Gasteiger partial charge in [-0.3, -0.25) is 4.79 Å². The molecule has 2 aromatic carbocycles. The van der Waals surface area contributed by atoms with E-state index in [2.05, 4.69) is 10.4 Å². The van der Waals surface area contributed by atoms with Gasteiger partial charge in [-0.15, -0.1) is 0 Å². The van der Waals surface area contributed by atoms with Crippen LogP contribution in [0.3, 0.4) is 0 Å². The van der Waals surface area contributed by atoms with Gasteiger partial charge in [-0.1, -0.05) is 30.3 Å². The maximum Gasteiger partial charge on any atom is 0.343 e. The van der Waals surface area contributed by atoms with E-state index in [1.807, 2.05) is 51.1 Å². The van der Waals surface area contributed by atoms with E-state index < -0.39 is 11.9 Å². The van der Waals surface area contributed by atoms with Gasteiger partial charge >= 0.3 is 5.97 Å². The second-order valence-electron chi connectivity index (χ2n) is 8.02. The smallest absolute Gasteiger partial charge is 0.343 e. The lowest BCUT2D eigenvalue weighted by molar-refractivity contribution is -0.118. The highest BCUT2D eigenvalue weighted by Crippen LogP contribution is 2.28. The van der Waals surface area contributed by atoms with Crippen LogP contribution in [0, 0.1) is 13.8 Å². The lowest BCUT2D eigenvalue weighted by Gasteiger charge is -2.14. The number of hydrogen-bond acceptors (Lipinski definition) is 7. The molecule has 0 radical (unpaired) electrons. The number of aryl methyl sites for hydroxylation is 2. The molecule has 0 atom stereocenters. The molecule has 4 rings (SSSR count). The summed E-state index contributed by atoms with van der Waals surface area (Å²) in [5.41, 5.74) is 2.92. The van der Waals surface area contributed by atoms with Gasteiger partial charge < -0.3 is 19.5 Å². The number of nitrogens with zero attached hydrogens (tertiary/aromatic N) is 3. The molecule has 0 aliphatic heterocycles. The molecule has 4 aromatic rings. The Bertz CT molecular complexity index is 1410. The zero-order valence-corrected chi connectivity index (χ0v) is 20.7. The van der Waals surface area contributed by atoms with Gasteiger partial charge in [0.2, 0.25) is 0 Å². The molecule has 0 unspecified atom stereocenters. The summed E-state index contributed by atoms with van der Waals surface area (Å²) in [5.74, 6) is 0.507. The second-order valence-corrected chi connectivity index (χ2v) is 8.02. The topological polar surface area (TPSA) is 105 Å². The Morgan fingerprint density at radius 1 is 0.944 bits per heavy atom. The van der Waals surface area contributed by atoms with Crippen molar-refractivity contribution in [2.24, 2.45) is 0 Å². The van der Waals surface area contributed by atoms with Gasteiger partial charge in [-0.25, -0.2) is 9.78 Å². The standard InChI is InChI=1S/C27H28N4O5/c1-5-34-21-12-7-8-13-22(21)36-16-24(32)30-26-20(27(33)35-6-2)15-28-31(26)23-14-18(4)19-11-9-10-17(3)25(19)29-23/h7-15H,5-6,16H2,1-4H3,(H,30,32). The molecule has 2 aromatic heterocycles. The minimum absolute atomic E-state index is 0.115. The van der Waals surface area contributed by atoms with Crippen LogP contribution in [0.2, 0.25) is 0 Å². The van der Waals surface area contributed by atoms with Crippen LogP contribution in [0.5, 0.6) is 11.5 Å². The Morgan fingerprint density at radius 3 is 2.42 bits per heavy atom. The first-order valence-corrected chi connectivity index (χ1v) is 11.7. The molecule has 0 saturated carbocycles. The summed E-state index contributed by atoms with van der Waals surface area (Å²) in [5, 5.41) is 8.13. The van der Waals surface area contributed by atoms with Gasteiger partial charge in [0.05, 0.1) is 24.9 Å². The molecular formula is C27H28N4O5. The summed E-state index contributed by atoms with van der Waals surface area (Å²) in [7, 11) is 0. The molecule has 9 nitrogen and oxygen atoms in total. The Morgan fingerprint density at radius 2 is 1.69 bits per heavy atom. The molecule has 1 N–H and O–H groups in total. The summed E-state index contributed by atoms with van der Waals surface area (Å²) >= 11 is 0. The molecule has 0 aliphatic rings. The number of hydrogen-bond donors (Lipinski definition) is 1. The van der Waals surface area contributed by atoms with Crippen molar-refractivity contribution in [1.29, 1.82) is 0 Å². The van der Waals surface area contributed by atoms with E-state index in [1.165, 1.54) is 10.9 Å². The fraction of sp³-hybridized carbons (Fsp3) is 0.259. The van der Waals surface area contributed by atoms with Crippen LogP contribution in [-0.2, 0) is 9.53 Å². The van der Waals surface area contributed by atoms with Crippen molar-refractivity contribution in [3.8, 4) is 17.3 Å². The number of amides is 1. The van der Waals surface area contributed by atoms with Gasteiger partial charge in [0.15, 0.2) is 29.7 Å². The van der Waals surface area contributed by atoms with Gasteiger partial charge in [0.25, 0.3) is 5.91 Å². The second kappa shape index (κ2) is 10.9. The van der Waals surface area contributed by atoms with Crippen LogP contribution in [0.15, 0.2) is 54.7 Å². The summed E-state index contributed by atoms with van der Waals surface area (Å²) in [6, 6.07) is 14.9. The van der Waals surface area contributed by atoms with Crippen molar-refractivity contribution >= 4 is 28.6 Å². The molecule has 0 fully saturated rings. The number of rotatable bonds is 9. The zero-order valence-electron chi connectivity index (χ0n) is 20.7. The van der Waals surface area contributed by atoms with E-state index in [1.54, 1.807) is 25.1 Å². The number of esters is 1. The highest BCUT2D eigenvalue weighted by Gasteiger charge is 2.23. The normalized spacial score (nSPS) is 10.8. The van der Waals surface area contributed by atoms with Gasteiger partial charge in [-0.2, -0.15) is 9.78 Å². The number of para-hydroxylation sites is 3. The number of carbonyl (C=O) groups is 2. The quantitative estimate of drug-likeness (QED) is 0.343. The number of carbonyl (C=O) groups excluding carboxylic acids is 2. The highest BCUT2D eigenvalue weighted by atomic mass is 16.5. The summed E-state index contributed by atoms with van der Waals surface area (Å²) in [6.07, 6.45) is 1.36. The first-order valence-electron chi connectivity index (χ1n) is 11.7. The minimum atomic E-state index is -0.602. The largest absolute Gasteiger partial charge is 0.490 e. The molecule has 0 spiro atoms. The third kappa shape index (κ3) is 5.14. The molecule has 2 heterocycles. The SMILES string of the molecule is CCOC(=O)c1cnn(-c2cc(C)c3cccc(C)c3n2)c1NC(=O)COc1ccccc1OCC. The number of anilines is 1. The van der Waals surface area contributed by atoms with Crippen LogP contribution in [-0.4, -0.2) is 46.5 Å². The average Bonchev–Trinajstić information content (AvgIpc) is 3.28. The number of ether oxygens (including phenoxy) is 3. The van der Waals surface area contributed by atoms with Gasteiger partial charge in [0, 0.05) is 5.39 Å². The lowest BCUT2D eigenvalue weighted by atomic mass is 10.1. The number of pyridine rings is 1. The minimum Gasteiger partial charge on any atom is -0.490 e. The van der Waals surface area contributed by atoms with Crippen molar-refractivity contribution < 1.29 is 23.8 Å². The monoisotopic (exact) mass is 488 g/mol. The lowest BCUT2D eigenvalue weighted by Crippen LogP contribution is -2.24. The van der Waals surface area contributed by atoms with Crippen molar-refractivity contribution in [1.82, 2.24) is 14.8 Å². The van der Waals surface area contributed by atoms with Crippen LogP contribution < -0.4 is 14.8 Å². The highest BCUT2D eigenvalue weighted by molar-refractivity contribution is 6.01. The number of nitrogens with one attached hydrogen (secondary N) is 1. The molecule has 36 heavy (non-hydrogen) atoms. The average molecular weight is 489 g/mol. The van der Waals surface area contributed by atoms with Crippen LogP contribution in [0.1, 0.15) is 35.3 Å². The predicted octanol–water partition coefficient (Wildman–Crippen LogP) is 4.63. The van der Waals surface area contributed by atoms with E-state index >= 15 is 0 Å². The molecule has 0 bridgehead atoms. The van der Waals surface area contributed by atoms with Gasteiger partial charge in [-0.05, 0) is 57.0 Å². The summed E-state index contributed by atoms with van der Waals surface area (Å²) in [4.78, 5) is 30.3. The van der Waals surface area contributed by atoms with E-state index in [4.69, 9.17) is 19.2 Å². The third-order valence-corrected chi connectivity index (χ3v) is 5.48. The number of aromatic nitrogens is 3. The van der Waals surface area contributed by atoms with Gasteiger partial charge in [0.1, 0.15) is 5.56 Å². The maximum absolute atomic E-state index is 12.9. The first kappa shape index (κ1) is 24.7. The number of benzene rings is 2. The predicted molar refractivity (Wildman–Crippen MR) is 136 cm³/mol. The van der Waals surface area contributed by atoms with E-state index in [9.17, 15) is 9.59 Å². The van der Waals surface area contributed by atoms with Crippen molar-refractivity contribution in [2.75, 3.05) is 25.1 Å². The fourth-order valence-electron chi connectivity index (χ4n) is 3.81. The Kier molecular flexibility index (Phi) is 7.48. The zero-order chi connectivity index (χ0) is 25.7. The molecular weight excluding hydrogens is 460 g/mol. The molecule has 0 aliphatic carbocycles. The third-order valence-electron chi connectivity index (χ3n) is 5.48. The number of fused-ring (bicyclic) bond motifs is 1. The Labute approximate surface area is 209 Å². The van der Waals surface area contributed by atoms with E-state index in [0.29, 0.717) is 23.9 Å². The van der Waals surface area contributed by atoms with Crippen molar-refractivity contribution in [3.63, 3.8) is 0 Å². The fourth-order valence-corrected chi connectivity index (χ4v) is 3.81. The molecule has 9 heteroatoms. The molecule has 186 valence electrons. The summed E-state index contributed by atoms with van der Waals surface area (Å²) in [6.45, 7) is 7.87. The molecule has 0 saturated heterocycles. The van der Waals surface area contributed by atoms with Crippen LogP contribution in [0.4, 0.5) is 5.82 Å². The molecule has 1 amide bonds. The Balaban J connectivity index is 1.66.